The van der Waals surface area contributed by atoms with Gasteiger partial charge in [0.25, 0.3) is 5.91 Å². The Labute approximate surface area is 158 Å². The van der Waals surface area contributed by atoms with E-state index in [1.807, 2.05) is 42.5 Å². The van der Waals surface area contributed by atoms with Gasteiger partial charge < -0.3 is 14.4 Å². The molecule has 1 atom stereocenters. The second-order valence-corrected chi connectivity index (χ2v) is 6.83. The predicted molar refractivity (Wildman–Crippen MR) is 99.8 cm³/mol. The van der Waals surface area contributed by atoms with E-state index in [9.17, 15) is 9.59 Å². The molecule has 0 radical (unpaired) electrons. The highest BCUT2D eigenvalue weighted by molar-refractivity contribution is 6.04. The van der Waals surface area contributed by atoms with E-state index >= 15 is 0 Å². The molecule has 2 aliphatic rings. The summed E-state index contributed by atoms with van der Waals surface area (Å²) in [4.78, 5) is 28.7. The normalized spacial score (nSPS) is 18.4. The second kappa shape index (κ2) is 6.95. The van der Waals surface area contributed by atoms with Gasteiger partial charge in [0.15, 0.2) is 11.5 Å². The van der Waals surface area contributed by atoms with E-state index < -0.39 is 0 Å². The molecule has 6 heteroatoms. The first-order valence-corrected chi connectivity index (χ1v) is 9.02. The SMILES string of the molecule is COc1ccc(CCN2C(=O)[C@@H]3Cc4ccccc4CN3C2=O)cc1OC. The Morgan fingerprint density at radius 2 is 1.74 bits per heavy atom. The van der Waals surface area contributed by atoms with Crippen molar-refractivity contribution in [1.82, 2.24) is 9.80 Å². The lowest BCUT2D eigenvalue weighted by Crippen LogP contribution is -2.39. The van der Waals surface area contributed by atoms with Gasteiger partial charge in [0, 0.05) is 19.5 Å². The quantitative estimate of drug-likeness (QED) is 0.764. The summed E-state index contributed by atoms with van der Waals surface area (Å²) < 4.78 is 10.6. The molecule has 0 spiro atoms. The van der Waals surface area contributed by atoms with Crippen LogP contribution in [0.2, 0.25) is 0 Å². The molecule has 2 aromatic rings. The number of nitrogens with zero attached hydrogens (tertiary/aromatic N) is 2. The topological polar surface area (TPSA) is 59.1 Å². The molecular formula is C21H22N2O4. The maximum Gasteiger partial charge on any atom is 0.327 e. The van der Waals surface area contributed by atoms with Crippen LogP contribution in [0.1, 0.15) is 16.7 Å². The molecule has 6 nitrogen and oxygen atoms in total. The van der Waals surface area contributed by atoms with Crippen LogP contribution in [0.4, 0.5) is 4.79 Å². The summed E-state index contributed by atoms with van der Waals surface area (Å²) in [7, 11) is 3.18. The summed E-state index contributed by atoms with van der Waals surface area (Å²) in [6.07, 6.45) is 1.17. The highest BCUT2D eigenvalue weighted by atomic mass is 16.5. The van der Waals surface area contributed by atoms with Crippen molar-refractivity contribution < 1.29 is 19.1 Å². The van der Waals surface area contributed by atoms with E-state index in [0.717, 1.165) is 16.7 Å². The van der Waals surface area contributed by atoms with E-state index in [-0.39, 0.29) is 18.0 Å². The van der Waals surface area contributed by atoms with Gasteiger partial charge >= 0.3 is 6.03 Å². The third kappa shape index (κ3) is 3.01. The summed E-state index contributed by atoms with van der Waals surface area (Å²) >= 11 is 0. The van der Waals surface area contributed by atoms with Crippen LogP contribution in [-0.2, 0) is 24.2 Å². The Bertz CT molecular complexity index is 853. The number of rotatable bonds is 5. The molecule has 1 fully saturated rings. The molecule has 3 amide bonds. The lowest BCUT2D eigenvalue weighted by molar-refractivity contribution is -0.128. The molecule has 140 valence electrons. The van der Waals surface area contributed by atoms with Crippen LogP contribution < -0.4 is 9.47 Å². The van der Waals surface area contributed by atoms with E-state index in [1.165, 1.54) is 4.90 Å². The summed E-state index contributed by atoms with van der Waals surface area (Å²) in [5.41, 5.74) is 3.26. The van der Waals surface area contributed by atoms with Gasteiger partial charge in [-0.25, -0.2) is 4.79 Å². The molecular weight excluding hydrogens is 344 g/mol. The second-order valence-electron chi connectivity index (χ2n) is 6.83. The summed E-state index contributed by atoms with van der Waals surface area (Å²) in [6.45, 7) is 0.856. The van der Waals surface area contributed by atoms with Crippen molar-refractivity contribution in [3.8, 4) is 11.5 Å². The van der Waals surface area contributed by atoms with Crippen LogP contribution in [-0.4, -0.2) is 48.5 Å². The fourth-order valence-electron chi connectivity index (χ4n) is 3.86. The van der Waals surface area contributed by atoms with E-state index in [2.05, 4.69) is 0 Å². The van der Waals surface area contributed by atoms with Gasteiger partial charge in [0.2, 0.25) is 0 Å². The van der Waals surface area contributed by atoms with Crippen molar-refractivity contribution in [1.29, 1.82) is 0 Å². The van der Waals surface area contributed by atoms with Crippen LogP contribution in [0.15, 0.2) is 42.5 Å². The zero-order chi connectivity index (χ0) is 19.0. The predicted octanol–water partition coefficient (Wildman–Crippen LogP) is 2.64. The first-order valence-electron chi connectivity index (χ1n) is 9.02. The molecule has 4 rings (SSSR count). The van der Waals surface area contributed by atoms with Gasteiger partial charge in [-0.1, -0.05) is 30.3 Å². The zero-order valence-electron chi connectivity index (χ0n) is 15.5. The van der Waals surface area contributed by atoms with Gasteiger partial charge in [-0.15, -0.1) is 0 Å². The number of hydrogen-bond acceptors (Lipinski definition) is 4. The van der Waals surface area contributed by atoms with Crippen molar-refractivity contribution in [2.45, 2.75) is 25.4 Å². The van der Waals surface area contributed by atoms with E-state index in [0.29, 0.717) is 37.4 Å². The number of imide groups is 1. The number of methoxy groups -OCH3 is 2. The minimum Gasteiger partial charge on any atom is -0.493 e. The Kier molecular flexibility index (Phi) is 4.48. The van der Waals surface area contributed by atoms with Gasteiger partial charge in [-0.3, -0.25) is 9.69 Å². The van der Waals surface area contributed by atoms with E-state index in [4.69, 9.17) is 9.47 Å². The van der Waals surface area contributed by atoms with Crippen molar-refractivity contribution >= 4 is 11.9 Å². The first-order chi connectivity index (χ1) is 13.1. The number of amides is 3. The molecule has 27 heavy (non-hydrogen) atoms. The first kappa shape index (κ1) is 17.4. The Balaban J connectivity index is 1.48. The van der Waals surface area contributed by atoms with Crippen LogP contribution in [0, 0.1) is 0 Å². The van der Waals surface area contributed by atoms with Gasteiger partial charge in [-0.2, -0.15) is 0 Å². The summed E-state index contributed by atoms with van der Waals surface area (Å²) in [6, 6.07) is 13.1. The van der Waals surface area contributed by atoms with Crippen LogP contribution >= 0.6 is 0 Å². The molecule has 2 aromatic carbocycles. The highest BCUT2D eigenvalue weighted by Gasteiger charge is 2.46. The smallest absolute Gasteiger partial charge is 0.327 e. The van der Waals surface area contributed by atoms with Crippen molar-refractivity contribution in [2.24, 2.45) is 0 Å². The molecule has 0 N–H and O–H groups in total. The van der Waals surface area contributed by atoms with Crippen molar-refractivity contribution in [3.05, 3.63) is 59.2 Å². The van der Waals surface area contributed by atoms with Crippen LogP contribution in [0.25, 0.3) is 0 Å². The molecule has 1 saturated heterocycles. The van der Waals surface area contributed by atoms with Gasteiger partial charge in [0.05, 0.1) is 14.2 Å². The summed E-state index contributed by atoms with van der Waals surface area (Å²) in [5, 5.41) is 0. The third-order valence-electron chi connectivity index (χ3n) is 5.35. The van der Waals surface area contributed by atoms with E-state index in [1.54, 1.807) is 19.1 Å². The lowest BCUT2D eigenvalue weighted by Gasteiger charge is -2.28. The Morgan fingerprint density at radius 3 is 2.48 bits per heavy atom. The van der Waals surface area contributed by atoms with Crippen LogP contribution in [0.5, 0.6) is 11.5 Å². The highest BCUT2D eigenvalue weighted by Crippen LogP contribution is 2.31. The molecule has 2 heterocycles. The number of carbonyl (C=O) groups excluding carboxylic acids is 2. The number of urea groups is 1. The third-order valence-corrected chi connectivity index (χ3v) is 5.35. The Hall–Kier alpha value is -3.02. The number of benzene rings is 2. The number of fused-ring (bicyclic) bond motifs is 2. The largest absolute Gasteiger partial charge is 0.493 e. The number of ether oxygens (including phenoxy) is 2. The standard InChI is InChI=1S/C21H22N2O4/c1-26-18-8-7-14(11-19(18)27-2)9-10-22-20(24)17-12-15-5-3-4-6-16(15)13-23(17)21(22)25/h3-8,11,17H,9-10,12-13H2,1-2H3/t17-/m0/s1. The number of carbonyl (C=O) groups is 2. The fourth-order valence-corrected chi connectivity index (χ4v) is 3.86. The van der Waals surface area contributed by atoms with Crippen molar-refractivity contribution in [3.63, 3.8) is 0 Å². The summed E-state index contributed by atoms with van der Waals surface area (Å²) in [5.74, 6) is 1.20. The van der Waals surface area contributed by atoms with Gasteiger partial charge in [0.1, 0.15) is 6.04 Å². The molecule has 0 saturated carbocycles. The minimum atomic E-state index is -0.377. The molecule has 0 bridgehead atoms. The average Bonchev–Trinajstić information content (AvgIpc) is 2.94. The van der Waals surface area contributed by atoms with Gasteiger partial charge in [-0.05, 0) is 35.2 Å². The maximum atomic E-state index is 12.8. The average molecular weight is 366 g/mol. The zero-order valence-corrected chi connectivity index (χ0v) is 15.5. The lowest BCUT2D eigenvalue weighted by atomic mass is 9.95. The molecule has 0 unspecified atom stereocenters. The Morgan fingerprint density at radius 1 is 1.00 bits per heavy atom. The number of hydrogen-bond donors (Lipinski definition) is 0. The van der Waals surface area contributed by atoms with Crippen molar-refractivity contribution in [2.75, 3.05) is 20.8 Å². The monoisotopic (exact) mass is 366 g/mol. The molecule has 2 aliphatic heterocycles. The van der Waals surface area contributed by atoms with Crippen LogP contribution in [0.3, 0.4) is 0 Å². The molecule has 0 aromatic heterocycles. The fraction of sp³-hybridized carbons (Fsp3) is 0.333. The molecule has 0 aliphatic carbocycles. The maximum absolute atomic E-state index is 12.8. The minimum absolute atomic E-state index is 0.102.